The molecular formula is C26H29ClFN7O2. The molecule has 2 aromatic carbocycles. The second kappa shape index (κ2) is 9.18. The standard InChI is InChI=1S/C26H29ClFN7O2/c1-33-12-16-19(31-33)11-21(37-3)25(23(16)27)30-26(36)22-18(28)10-20(17-13-34(2)32-24(17)22)35-8-6-15(7-9-35)29-14-4-5-14/h10-15,29H,4-9H2,1-3H3,(H,30,36). The summed E-state index contributed by atoms with van der Waals surface area (Å²) >= 11 is 6.63. The molecule has 1 aliphatic heterocycles. The summed E-state index contributed by atoms with van der Waals surface area (Å²) in [5.41, 5.74) is 1.82. The van der Waals surface area contributed by atoms with Crippen molar-refractivity contribution in [2.24, 2.45) is 14.1 Å². The average Bonchev–Trinajstić information content (AvgIpc) is 3.48. The molecule has 1 aliphatic carbocycles. The van der Waals surface area contributed by atoms with Crippen molar-refractivity contribution in [1.82, 2.24) is 24.9 Å². The van der Waals surface area contributed by atoms with Crippen LogP contribution >= 0.6 is 11.6 Å². The Hall–Kier alpha value is -3.37. The highest BCUT2D eigenvalue weighted by Crippen LogP contribution is 2.40. The molecule has 37 heavy (non-hydrogen) atoms. The van der Waals surface area contributed by atoms with E-state index < -0.39 is 11.7 Å². The number of aryl methyl sites for hydroxylation is 2. The quantitative estimate of drug-likeness (QED) is 0.391. The molecule has 4 aromatic rings. The number of hydrogen-bond donors (Lipinski definition) is 2. The van der Waals surface area contributed by atoms with Crippen molar-refractivity contribution in [3.8, 4) is 5.75 Å². The number of anilines is 2. The van der Waals surface area contributed by atoms with Crippen LogP contribution in [0.2, 0.25) is 5.02 Å². The molecule has 0 atom stereocenters. The largest absolute Gasteiger partial charge is 0.494 e. The van der Waals surface area contributed by atoms with Crippen LogP contribution in [0.5, 0.6) is 5.75 Å². The minimum atomic E-state index is -0.650. The van der Waals surface area contributed by atoms with Crippen molar-refractivity contribution in [3.05, 3.63) is 40.9 Å². The highest BCUT2D eigenvalue weighted by atomic mass is 35.5. The highest BCUT2D eigenvalue weighted by molar-refractivity contribution is 6.39. The van der Waals surface area contributed by atoms with E-state index >= 15 is 4.39 Å². The van der Waals surface area contributed by atoms with E-state index in [4.69, 9.17) is 16.3 Å². The number of ether oxygens (including phenoxy) is 1. The van der Waals surface area contributed by atoms with Gasteiger partial charge in [-0.25, -0.2) is 4.39 Å². The lowest BCUT2D eigenvalue weighted by Gasteiger charge is -2.34. The minimum Gasteiger partial charge on any atom is -0.494 e. The Balaban J connectivity index is 1.33. The van der Waals surface area contributed by atoms with Crippen molar-refractivity contribution in [2.75, 3.05) is 30.4 Å². The number of methoxy groups -OCH3 is 1. The van der Waals surface area contributed by atoms with E-state index in [-0.39, 0.29) is 16.3 Å². The Morgan fingerprint density at radius 2 is 1.73 bits per heavy atom. The Bertz CT molecular complexity index is 1520. The summed E-state index contributed by atoms with van der Waals surface area (Å²) < 4.78 is 24.4. The molecule has 9 nitrogen and oxygen atoms in total. The molecule has 1 amide bonds. The number of carbonyl (C=O) groups is 1. The maximum atomic E-state index is 15.7. The van der Waals surface area contributed by atoms with Gasteiger partial charge in [-0.3, -0.25) is 14.2 Å². The third-order valence-electron chi connectivity index (χ3n) is 7.24. The molecule has 2 aromatic heterocycles. The van der Waals surface area contributed by atoms with E-state index in [0.29, 0.717) is 34.3 Å². The maximum Gasteiger partial charge on any atom is 0.261 e. The molecule has 2 N–H and O–H groups in total. The van der Waals surface area contributed by atoms with Crippen LogP contribution in [0.15, 0.2) is 24.5 Å². The van der Waals surface area contributed by atoms with Crippen LogP contribution in [0.4, 0.5) is 15.8 Å². The molecule has 2 fully saturated rings. The average molecular weight is 526 g/mol. The molecule has 0 spiro atoms. The topological polar surface area (TPSA) is 89.2 Å². The zero-order valence-corrected chi connectivity index (χ0v) is 21.8. The molecule has 2 aliphatic rings. The number of halogens is 2. The molecule has 1 saturated carbocycles. The summed E-state index contributed by atoms with van der Waals surface area (Å²) in [6, 6.07) is 4.31. The first-order valence-corrected chi connectivity index (χ1v) is 12.9. The minimum absolute atomic E-state index is 0.131. The number of piperidine rings is 1. The predicted octanol–water partition coefficient (Wildman–Crippen LogP) is 4.23. The van der Waals surface area contributed by atoms with Crippen LogP contribution < -0.4 is 20.3 Å². The molecule has 3 heterocycles. The van der Waals surface area contributed by atoms with Crippen molar-refractivity contribution < 1.29 is 13.9 Å². The SMILES string of the molecule is COc1cc2nn(C)cc2c(Cl)c1NC(=O)c1c(F)cc(N2CCC(NC3CC3)CC2)c2cn(C)nc12. The first-order valence-electron chi connectivity index (χ1n) is 12.5. The van der Waals surface area contributed by atoms with Crippen LogP contribution in [0.3, 0.4) is 0 Å². The van der Waals surface area contributed by atoms with Gasteiger partial charge in [0.1, 0.15) is 28.3 Å². The number of amides is 1. The van der Waals surface area contributed by atoms with E-state index in [9.17, 15) is 4.79 Å². The van der Waals surface area contributed by atoms with Gasteiger partial charge in [-0.05, 0) is 31.7 Å². The lowest BCUT2D eigenvalue weighted by atomic mass is 10.0. The van der Waals surface area contributed by atoms with E-state index in [1.165, 1.54) is 26.0 Å². The molecular weight excluding hydrogens is 497 g/mol. The number of nitrogens with one attached hydrogen (secondary N) is 2. The predicted molar refractivity (Wildman–Crippen MR) is 142 cm³/mol. The van der Waals surface area contributed by atoms with Crippen LogP contribution in [0, 0.1) is 5.82 Å². The first kappa shape index (κ1) is 24.0. The second-order valence-corrected chi connectivity index (χ2v) is 10.4. The van der Waals surface area contributed by atoms with Crippen molar-refractivity contribution >= 4 is 50.7 Å². The fourth-order valence-electron chi connectivity index (χ4n) is 5.27. The lowest BCUT2D eigenvalue weighted by Crippen LogP contribution is -2.43. The molecule has 1 saturated heterocycles. The second-order valence-electron chi connectivity index (χ2n) is 9.98. The van der Waals surface area contributed by atoms with Crippen molar-refractivity contribution in [1.29, 1.82) is 0 Å². The van der Waals surface area contributed by atoms with Gasteiger partial charge in [0.05, 0.1) is 23.3 Å². The zero-order chi connectivity index (χ0) is 25.8. The third kappa shape index (κ3) is 4.38. The molecule has 194 valence electrons. The third-order valence-corrected chi connectivity index (χ3v) is 7.63. The summed E-state index contributed by atoms with van der Waals surface area (Å²) in [7, 11) is 5.03. The Morgan fingerprint density at radius 3 is 2.43 bits per heavy atom. The van der Waals surface area contributed by atoms with Gasteiger partial charge < -0.3 is 20.3 Å². The Labute approximate surface area is 218 Å². The summed E-state index contributed by atoms with van der Waals surface area (Å²) in [4.78, 5) is 15.7. The molecule has 11 heteroatoms. The van der Waals surface area contributed by atoms with Crippen LogP contribution in [0.25, 0.3) is 21.8 Å². The fraction of sp³-hybridized carbons (Fsp3) is 0.423. The summed E-state index contributed by atoms with van der Waals surface area (Å²) in [5.74, 6) is -0.945. The lowest BCUT2D eigenvalue weighted by molar-refractivity contribution is 0.102. The van der Waals surface area contributed by atoms with Gasteiger partial charge in [0.25, 0.3) is 5.91 Å². The number of hydrogen-bond acceptors (Lipinski definition) is 6. The van der Waals surface area contributed by atoms with Crippen LogP contribution in [0.1, 0.15) is 36.0 Å². The van der Waals surface area contributed by atoms with Gasteiger partial charge in [0, 0.05) is 68.5 Å². The zero-order valence-electron chi connectivity index (χ0n) is 21.0. The van der Waals surface area contributed by atoms with Gasteiger partial charge >= 0.3 is 0 Å². The Morgan fingerprint density at radius 1 is 1.05 bits per heavy atom. The highest BCUT2D eigenvalue weighted by Gasteiger charge is 2.30. The van der Waals surface area contributed by atoms with Crippen LogP contribution in [-0.4, -0.2) is 57.8 Å². The Kier molecular flexibility index (Phi) is 5.95. The maximum absolute atomic E-state index is 15.7. The number of nitrogens with zero attached hydrogens (tertiary/aromatic N) is 5. The van der Waals surface area contributed by atoms with Gasteiger partial charge in [0.2, 0.25) is 0 Å². The van der Waals surface area contributed by atoms with E-state index in [0.717, 1.165) is 37.0 Å². The van der Waals surface area contributed by atoms with Gasteiger partial charge in [-0.2, -0.15) is 10.2 Å². The van der Waals surface area contributed by atoms with Gasteiger partial charge in [-0.15, -0.1) is 0 Å². The van der Waals surface area contributed by atoms with E-state index in [1.54, 1.807) is 35.7 Å². The van der Waals surface area contributed by atoms with Gasteiger partial charge in [0.15, 0.2) is 0 Å². The number of carbonyl (C=O) groups excluding carboxylic acids is 1. The van der Waals surface area contributed by atoms with E-state index in [1.807, 2.05) is 6.20 Å². The smallest absolute Gasteiger partial charge is 0.261 e. The number of fused-ring (bicyclic) bond motifs is 2. The van der Waals surface area contributed by atoms with Crippen molar-refractivity contribution in [2.45, 2.75) is 37.8 Å². The number of benzene rings is 2. The van der Waals surface area contributed by atoms with E-state index in [2.05, 4.69) is 25.7 Å². The summed E-state index contributed by atoms with van der Waals surface area (Å²) in [6.07, 6.45) is 8.11. The normalized spacial score (nSPS) is 16.6. The summed E-state index contributed by atoms with van der Waals surface area (Å²) in [6.45, 7) is 1.63. The molecule has 6 rings (SSSR count). The molecule has 0 unspecified atom stereocenters. The fourth-order valence-corrected chi connectivity index (χ4v) is 5.55. The summed E-state index contributed by atoms with van der Waals surface area (Å²) in [5, 5.41) is 17.0. The molecule has 0 radical (unpaired) electrons. The molecule has 0 bridgehead atoms. The number of rotatable bonds is 6. The first-order chi connectivity index (χ1) is 17.8. The monoisotopic (exact) mass is 525 g/mol. The van der Waals surface area contributed by atoms with Gasteiger partial charge in [-0.1, -0.05) is 11.6 Å². The van der Waals surface area contributed by atoms with Crippen molar-refractivity contribution in [3.63, 3.8) is 0 Å². The number of aromatic nitrogens is 4. The van der Waals surface area contributed by atoms with Crippen LogP contribution in [-0.2, 0) is 14.1 Å².